The SMILES string of the molecule is Cc1cc(OCCC(C)C)cc(C)c1C1N=C(NC#N)Nc2nc(N)c(C#N)c(N)c21. The predicted molar refractivity (Wildman–Crippen MR) is 120 cm³/mol. The molecule has 0 fully saturated rings. The first kappa shape index (κ1) is 21.7. The highest BCUT2D eigenvalue weighted by Gasteiger charge is 2.31. The molecule has 0 radical (unpaired) electrons. The lowest BCUT2D eigenvalue weighted by Gasteiger charge is -2.28. The number of nitrogens with zero attached hydrogens (tertiary/aromatic N) is 4. The van der Waals surface area contributed by atoms with E-state index in [2.05, 4.69) is 34.5 Å². The molecule has 6 N–H and O–H groups in total. The van der Waals surface area contributed by atoms with Crippen molar-refractivity contribution in [2.45, 2.75) is 40.2 Å². The van der Waals surface area contributed by atoms with Crippen molar-refractivity contribution in [3.63, 3.8) is 0 Å². The highest BCUT2D eigenvalue weighted by Crippen LogP contribution is 2.43. The zero-order valence-corrected chi connectivity index (χ0v) is 18.1. The number of hydrogen-bond acceptors (Lipinski definition) is 9. The summed E-state index contributed by atoms with van der Waals surface area (Å²) in [4.78, 5) is 8.94. The van der Waals surface area contributed by atoms with Gasteiger partial charge < -0.3 is 21.5 Å². The van der Waals surface area contributed by atoms with Crippen molar-refractivity contribution in [2.75, 3.05) is 23.4 Å². The lowest BCUT2D eigenvalue weighted by Crippen LogP contribution is -2.33. The van der Waals surface area contributed by atoms with E-state index < -0.39 is 6.04 Å². The van der Waals surface area contributed by atoms with Gasteiger partial charge in [-0.1, -0.05) is 13.8 Å². The van der Waals surface area contributed by atoms with Gasteiger partial charge in [-0.25, -0.2) is 9.98 Å². The number of aromatic nitrogens is 1. The topological polar surface area (TPSA) is 158 Å². The number of rotatable bonds is 5. The summed E-state index contributed by atoms with van der Waals surface area (Å²) in [6, 6.07) is 5.37. The number of hydrogen-bond donors (Lipinski definition) is 4. The molecule has 1 aliphatic rings. The second-order valence-electron chi connectivity index (χ2n) is 7.90. The van der Waals surface area contributed by atoms with E-state index in [9.17, 15) is 5.26 Å². The first-order valence-corrected chi connectivity index (χ1v) is 9.99. The number of nitriles is 2. The predicted octanol–water partition coefficient (Wildman–Crippen LogP) is 3.10. The largest absolute Gasteiger partial charge is 0.494 e. The maximum absolute atomic E-state index is 9.48. The van der Waals surface area contributed by atoms with Crippen LogP contribution in [0.2, 0.25) is 0 Å². The van der Waals surface area contributed by atoms with Crippen LogP contribution in [-0.4, -0.2) is 17.6 Å². The number of benzene rings is 1. The number of anilines is 3. The van der Waals surface area contributed by atoms with Gasteiger partial charge in [0.25, 0.3) is 0 Å². The number of nitrogen functional groups attached to an aromatic ring is 2. The quantitative estimate of drug-likeness (QED) is 0.426. The van der Waals surface area contributed by atoms with Crippen LogP contribution in [0.4, 0.5) is 17.3 Å². The standard InChI is InChI=1S/C22H26N8O/c1-11(2)5-6-31-14-7-12(3)16(13(4)8-14)19-17-18(25)15(9-23)20(26)29-21(17)30-22(28-19)27-10-24/h7-8,11,19H,5-6H2,1-4H3,(H6,25,26,27,28,29,30). The molecule has 0 spiro atoms. The second-order valence-corrected chi connectivity index (χ2v) is 7.90. The molecule has 31 heavy (non-hydrogen) atoms. The molecule has 0 saturated heterocycles. The van der Waals surface area contributed by atoms with Gasteiger partial charge in [-0.15, -0.1) is 0 Å². The summed E-state index contributed by atoms with van der Waals surface area (Å²) in [6.07, 6.45) is 2.82. The molecule has 1 atom stereocenters. The van der Waals surface area contributed by atoms with Gasteiger partial charge in [0.1, 0.15) is 35.1 Å². The monoisotopic (exact) mass is 418 g/mol. The molecule has 1 aromatic heterocycles. The van der Waals surface area contributed by atoms with Crippen molar-refractivity contribution in [2.24, 2.45) is 10.9 Å². The van der Waals surface area contributed by atoms with Crippen molar-refractivity contribution in [1.29, 1.82) is 10.5 Å². The van der Waals surface area contributed by atoms with Crippen LogP contribution in [-0.2, 0) is 0 Å². The summed E-state index contributed by atoms with van der Waals surface area (Å²) in [5, 5.41) is 24.0. The van der Waals surface area contributed by atoms with Crippen LogP contribution in [0.1, 0.15) is 54.1 Å². The Morgan fingerprint density at radius 3 is 2.45 bits per heavy atom. The summed E-state index contributed by atoms with van der Waals surface area (Å²) in [5.74, 6) is 1.96. The van der Waals surface area contributed by atoms with Crippen molar-refractivity contribution >= 4 is 23.3 Å². The number of pyridine rings is 1. The number of nitrogens with two attached hydrogens (primary N) is 2. The third-order valence-electron chi connectivity index (χ3n) is 5.16. The Morgan fingerprint density at radius 1 is 1.19 bits per heavy atom. The minimum atomic E-state index is -0.572. The summed E-state index contributed by atoms with van der Waals surface area (Å²) in [6.45, 7) is 8.89. The molecule has 2 aromatic rings. The van der Waals surface area contributed by atoms with Crippen LogP contribution in [0.3, 0.4) is 0 Å². The smallest absolute Gasteiger partial charge is 0.211 e. The highest BCUT2D eigenvalue weighted by atomic mass is 16.5. The molecule has 0 bridgehead atoms. The van der Waals surface area contributed by atoms with E-state index in [-0.39, 0.29) is 23.0 Å². The Labute approximate surface area is 181 Å². The first-order chi connectivity index (χ1) is 14.8. The summed E-state index contributed by atoms with van der Waals surface area (Å²) >= 11 is 0. The lowest BCUT2D eigenvalue weighted by molar-refractivity contribution is 0.289. The summed E-state index contributed by atoms with van der Waals surface area (Å²) in [5.41, 5.74) is 15.9. The maximum atomic E-state index is 9.48. The van der Waals surface area contributed by atoms with Crippen LogP contribution in [0, 0.1) is 42.6 Å². The molecule has 9 nitrogen and oxygen atoms in total. The van der Waals surface area contributed by atoms with Crippen molar-refractivity contribution in [1.82, 2.24) is 10.3 Å². The van der Waals surface area contributed by atoms with E-state index in [4.69, 9.17) is 21.5 Å². The first-order valence-electron chi connectivity index (χ1n) is 9.99. The molecule has 0 saturated carbocycles. The third-order valence-corrected chi connectivity index (χ3v) is 5.16. The summed E-state index contributed by atoms with van der Waals surface area (Å²) < 4.78 is 5.93. The Bertz CT molecular complexity index is 1100. The zero-order valence-electron chi connectivity index (χ0n) is 18.1. The van der Waals surface area contributed by atoms with Gasteiger partial charge in [-0.3, -0.25) is 5.32 Å². The normalized spacial score (nSPS) is 14.7. The second kappa shape index (κ2) is 8.80. The molecule has 1 aliphatic heterocycles. The molecule has 3 rings (SSSR count). The Balaban J connectivity index is 2.12. The molecule has 160 valence electrons. The van der Waals surface area contributed by atoms with E-state index in [0.717, 1.165) is 28.9 Å². The van der Waals surface area contributed by atoms with Crippen molar-refractivity contribution in [3.05, 3.63) is 39.9 Å². The van der Waals surface area contributed by atoms with Gasteiger partial charge in [-0.05, 0) is 55.0 Å². The van der Waals surface area contributed by atoms with E-state index in [1.807, 2.05) is 38.2 Å². The van der Waals surface area contributed by atoms with Crippen molar-refractivity contribution in [3.8, 4) is 18.0 Å². The average molecular weight is 419 g/mol. The van der Waals surface area contributed by atoms with Gasteiger partial charge >= 0.3 is 0 Å². The van der Waals surface area contributed by atoms with E-state index >= 15 is 0 Å². The minimum absolute atomic E-state index is 0.0190. The number of aliphatic imine (C=N–C) groups is 1. The molecule has 1 aromatic carbocycles. The fourth-order valence-corrected chi connectivity index (χ4v) is 3.65. The van der Waals surface area contributed by atoms with Gasteiger partial charge in [0, 0.05) is 5.56 Å². The van der Waals surface area contributed by atoms with Crippen LogP contribution in [0.5, 0.6) is 5.75 Å². The Kier molecular flexibility index (Phi) is 6.17. The molecule has 1 unspecified atom stereocenters. The van der Waals surface area contributed by atoms with Gasteiger partial charge in [0.2, 0.25) is 5.96 Å². The van der Waals surface area contributed by atoms with Crippen molar-refractivity contribution < 1.29 is 4.74 Å². The molecule has 0 aliphatic carbocycles. The molecule has 2 heterocycles. The van der Waals surface area contributed by atoms with Gasteiger partial charge in [0.05, 0.1) is 12.3 Å². The minimum Gasteiger partial charge on any atom is -0.494 e. The number of nitrogens with one attached hydrogen (secondary N) is 2. The van der Waals surface area contributed by atoms with Crippen LogP contribution >= 0.6 is 0 Å². The highest BCUT2D eigenvalue weighted by molar-refractivity contribution is 5.98. The Morgan fingerprint density at radius 2 is 1.87 bits per heavy atom. The van der Waals surface area contributed by atoms with E-state index in [1.54, 1.807) is 0 Å². The molecular weight excluding hydrogens is 392 g/mol. The average Bonchev–Trinajstić information content (AvgIpc) is 2.67. The van der Waals surface area contributed by atoms with Crippen LogP contribution in [0.25, 0.3) is 0 Å². The summed E-state index contributed by atoms with van der Waals surface area (Å²) in [7, 11) is 0. The fourth-order valence-electron chi connectivity index (χ4n) is 3.65. The maximum Gasteiger partial charge on any atom is 0.211 e. The molecule has 9 heteroatoms. The van der Waals surface area contributed by atoms with E-state index in [1.165, 1.54) is 0 Å². The number of ether oxygens (including phenoxy) is 1. The van der Waals surface area contributed by atoms with E-state index in [0.29, 0.717) is 23.9 Å². The lowest BCUT2D eigenvalue weighted by atomic mass is 9.89. The zero-order chi connectivity index (χ0) is 22.7. The Hall–Kier alpha value is -3.98. The molecular formula is C22H26N8O. The van der Waals surface area contributed by atoms with Crippen LogP contribution < -0.4 is 26.8 Å². The third kappa shape index (κ3) is 4.31. The number of aryl methyl sites for hydroxylation is 2. The number of fused-ring (bicyclic) bond motifs is 1. The fraction of sp³-hybridized carbons (Fsp3) is 0.364. The van der Waals surface area contributed by atoms with Gasteiger partial charge in [0.15, 0.2) is 6.19 Å². The van der Waals surface area contributed by atoms with Gasteiger partial charge in [-0.2, -0.15) is 10.5 Å². The molecule has 0 amide bonds. The number of guanidine groups is 1. The van der Waals surface area contributed by atoms with Crippen LogP contribution in [0.15, 0.2) is 17.1 Å².